The fourth-order valence-electron chi connectivity index (χ4n) is 10.6. The van der Waals surface area contributed by atoms with Gasteiger partial charge in [-0.25, -0.2) is 14.4 Å². The summed E-state index contributed by atoms with van der Waals surface area (Å²) in [6.45, 7) is 2.98. The molecule has 0 aromatic heterocycles. The summed E-state index contributed by atoms with van der Waals surface area (Å²) in [6, 6.07) is 15.9. The number of carboxylic acids is 3. The Kier molecular flexibility index (Phi) is 27.6. The van der Waals surface area contributed by atoms with Gasteiger partial charge >= 0.3 is 23.9 Å². The number of carboxylic acid groups (broad SMARTS) is 3. The molecule has 0 bridgehead atoms. The standard InChI is InChI=1S/C57H82N14O13S/c58-47(72)32-68-21-22-69(33-48(59)73)25-26-71(35-50(61)75)43(31-70(24-23-68)34-49(60)74)28-36-11-16-42(17-12-36)64-57(85)63-30-37-8-14-40(15-9-37)52(78)65-46(29-38-10-13-39-5-1-2-6-41(39)27-38)53(79)62-20-4-3-7-44(54(80)81)66-56(84)67-45(55(82)83)18-19-51(76)77/h1-2,5-6,10-13,16-17,27,37,40,43-46H,3-4,7-9,14-15,18-26,28-35H2,(H2,58,72)(H2,59,73)(H2,60,74)(H2,61,75)(H,62,79)(H,65,78)(H,76,77)(H,80,81)(H,82,83)(H2,63,64,85)(H2,66,67,84). The molecular weight excluding hydrogens is 1120 g/mol. The summed E-state index contributed by atoms with van der Waals surface area (Å²) >= 11 is 5.69. The van der Waals surface area contributed by atoms with Gasteiger partial charge in [-0.15, -0.1) is 0 Å². The van der Waals surface area contributed by atoms with Crippen LogP contribution >= 0.6 is 12.2 Å². The van der Waals surface area contributed by atoms with E-state index in [2.05, 4.69) is 31.9 Å². The van der Waals surface area contributed by atoms with Crippen molar-refractivity contribution in [1.82, 2.24) is 46.2 Å². The van der Waals surface area contributed by atoms with Crippen LogP contribution in [0.2, 0.25) is 0 Å². The van der Waals surface area contributed by atoms with Crippen molar-refractivity contribution in [1.29, 1.82) is 0 Å². The van der Waals surface area contributed by atoms with Gasteiger partial charge in [0.1, 0.15) is 18.1 Å². The molecule has 1 saturated carbocycles. The molecule has 4 unspecified atom stereocenters. The lowest BCUT2D eigenvalue weighted by atomic mass is 9.81. The third-order valence-electron chi connectivity index (χ3n) is 15.1. The lowest BCUT2D eigenvalue weighted by Gasteiger charge is -2.38. The smallest absolute Gasteiger partial charge is 0.326 e. The number of carbonyl (C=O) groups is 10. The highest BCUT2D eigenvalue weighted by Crippen LogP contribution is 2.29. The number of thiocarbonyl (C=S) groups is 1. The molecule has 3 aromatic rings. The normalized spacial score (nSPS) is 18.6. The molecule has 85 heavy (non-hydrogen) atoms. The quantitative estimate of drug-likeness (QED) is 0.0284. The zero-order chi connectivity index (χ0) is 62.0. The SMILES string of the molecule is NC(=O)CN1CCN(CC(N)=O)CCN(CC(N)=O)C(Cc2ccc(NC(=S)NCC3CCC(C(=O)NC(Cc4ccc5ccccc5c4)C(=O)NCCCCC(NC(=O)NC(CCC(=O)O)C(=O)O)C(=O)O)CC3)cc2)CN(CC(N)=O)CC1. The van der Waals surface area contributed by atoms with Gasteiger partial charge in [0.05, 0.1) is 26.2 Å². The third kappa shape index (κ3) is 25.0. The Hall–Kier alpha value is -8.05. The topological polar surface area (TPSA) is 421 Å². The number of amides is 8. The lowest BCUT2D eigenvalue weighted by Crippen LogP contribution is -2.54. The summed E-state index contributed by atoms with van der Waals surface area (Å²) in [6.07, 6.45) is 2.81. The average molecular weight is 1200 g/mol. The Balaban J connectivity index is 1.13. The molecular formula is C57H82N14O13S. The van der Waals surface area contributed by atoms with Crippen LogP contribution in [-0.2, 0) is 56.0 Å². The molecule has 0 radical (unpaired) electrons. The molecule has 17 N–H and O–H groups in total. The first-order valence-electron chi connectivity index (χ1n) is 28.5. The van der Waals surface area contributed by atoms with Gasteiger partial charge in [0.2, 0.25) is 35.4 Å². The van der Waals surface area contributed by atoms with E-state index in [0.29, 0.717) is 83.2 Å². The maximum Gasteiger partial charge on any atom is 0.326 e. The zero-order valence-corrected chi connectivity index (χ0v) is 48.5. The Labute approximate surface area is 498 Å². The Bertz CT molecular complexity index is 2800. The van der Waals surface area contributed by atoms with Gasteiger partial charge in [-0.1, -0.05) is 54.6 Å². The molecule has 2 fully saturated rings. The van der Waals surface area contributed by atoms with E-state index >= 15 is 0 Å². The van der Waals surface area contributed by atoms with Crippen LogP contribution in [0, 0.1) is 11.8 Å². The molecule has 5 rings (SSSR count). The number of urea groups is 1. The van der Waals surface area contributed by atoms with Gasteiger partial charge in [0.25, 0.3) is 0 Å². The molecule has 4 atom stereocenters. The molecule has 1 aliphatic heterocycles. The van der Waals surface area contributed by atoms with Gasteiger partial charge in [-0.2, -0.15) is 0 Å². The number of primary amides is 4. The molecule has 1 aliphatic carbocycles. The first-order chi connectivity index (χ1) is 40.5. The van der Waals surface area contributed by atoms with Crippen molar-refractivity contribution in [2.24, 2.45) is 34.8 Å². The van der Waals surface area contributed by atoms with Crippen LogP contribution in [0.3, 0.4) is 0 Å². The minimum atomic E-state index is -1.55. The summed E-state index contributed by atoms with van der Waals surface area (Å²) in [5.74, 6) is -7.06. The molecule has 464 valence electrons. The van der Waals surface area contributed by atoms with Crippen molar-refractivity contribution in [2.45, 2.75) is 94.8 Å². The second-order valence-corrected chi connectivity index (χ2v) is 22.2. The summed E-state index contributed by atoms with van der Waals surface area (Å²) in [4.78, 5) is 131. The van der Waals surface area contributed by atoms with Crippen LogP contribution in [0.4, 0.5) is 10.5 Å². The maximum absolute atomic E-state index is 13.9. The van der Waals surface area contributed by atoms with E-state index < -0.39 is 84.4 Å². The summed E-state index contributed by atoms with van der Waals surface area (Å²) < 4.78 is 0. The van der Waals surface area contributed by atoms with Crippen LogP contribution < -0.4 is 54.8 Å². The summed E-state index contributed by atoms with van der Waals surface area (Å²) in [5, 5.41) is 47.1. The largest absolute Gasteiger partial charge is 0.481 e. The number of benzene rings is 3. The fraction of sp³-hybridized carbons (Fsp3) is 0.526. The predicted molar refractivity (Wildman–Crippen MR) is 319 cm³/mol. The Morgan fingerprint density at radius 2 is 1.14 bits per heavy atom. The first kappa shape index (κ1) is 67.7. The summed E-state index contributed by atoms with van der Waals surface area (Å²) in [7, 11) is 0. The molecule has 3 aromatic carbocycles. The monoisotopic (exact) mass is 1200 g/mol. The number of aliphatic carboxylic acids is 3. The molecule has 27 nitrogen and oxygen atoms in total. The van der Waals surface area contributed by atoms with Crippen molar-refractivity contribution in [2.75, 3.05) is 90.4 Å². The highest BCUT2D eigenvalue weighted by Gasteiger charge is 2.32. The molecule has 8 amide bonds. The van der Waals surface area contributed by atoms with E-state index in [1.807, 2.05) is 86.3 Å². The molecule has 1 saturated heterocycles. The van der Waals surface area contributed by atoms with Crippen molar-refractivity contribution in [3.8, 4) is 0 Å². The number of carbonyl (C=O) groups excluding carboxylic acids is 7. The van der Waals surface area contributed by atoms with Gasteiger partial charge in [-0.3, -0.25) is 53.2 Å². The number of unbranched alkanes of at least 4 members (excludes halogenated alkanes) is 1. The number of rotatable bonds is 30. The van der Waals surface area contributed by atoms with E-state index in [1.54, 1.807) is 0 Å². The van der Waals surface area contributed by atoms with Crippen LogP contribution in [0.25, 0.3) is 10.8 Å². The van der Waals surface area contributed by atoms with Crippen LogP contribution in [-0.4, -0.2) is 209 Å². The third-order valence-corrected chi connectivity index (χ3v) is 15.3. The number of hydrogen-bond acceptors (Lipinski definition) is 15. The lowest BCUT2D eigenvalue weighted by molar-refractivity contribution is -0.141. The molecule has 1 heterocycles. The number of fused-ring (bicyclic) bond motifs is 1. The highest BCUT2D eigenvalue weighted by atomic mass is 32.1. The first-order valence-corrected chi connectivity index (χ1v) is 28.9. The summed E-state index contributed by atoms with van der Waals surface area (Å²) in [5.41, 5.74) is 25.1. The highest BCUT2D eigenvalue weighted by molar-refractivity contribution is 7.80. The van der Waals surface area contributed by atoms with Gasteiger partial charge < -0.3 is 70.2 Å². The number of hydrogen-bond donors (Lipinski definition) is 13. The van der Waals surface area contributed by atoms with E-state index in [4.69, 9.17) is 40.3 Å². The zero-order valence-electron chi connectivity index (χ0n) is 47.7. The van der Waals surface area contributed by atoms with Crippen molar-refractivity contribution >= 4 is 93.2 Å². The van der Waals surface area contributed by atoms with E-state index in [-0.39, 0.29) is 75.8 Å². The number of anilines is 1. The number of nitrogens with one attached hydrogen (secondary N) is 6. The van der Waals surface area contributed by atoms with E-state index in [1.165, 1.54) is 0 Å². The van der Waals surface area contributed by atoms with Crippen molar-refractivity contribution in [3.05, 3.63) is 77.9 Å². The average Bonchev–Trinajstić information content (AvgIpc) is 3.58. The molecule has 0 spiro atoms. The fourth-order valence-corrected chi connectivity index (χ4v) is 10.8. The molecule has 28 heteroatoms. The maximum atomic E-state index is 13.9. The van der Waals surface area contributed by atoms with Gasteiger partial charge in [-0.05, 0) is 110 Å². The van der Waals surface area contributed by atoms with Crippen LogP contribution in [0.15, 0.2) is 66.7 Å². The van der Waals surface area contributed by atoms with Gasteiger partial charge in [0.15, 0.2) is 5.11 Å². The second kappa shape index (κ2) is 34.7. The second-order valence-electron chi connectivity index (χ2n) is 21.8. The van der Waals surface area contributed by atoms with E-state index in [0.717, 1.165) is 40.4 Å². The Morgan fingerprint density at radius 3 is 1.73 bits per heavy atom. The predicted octanol–water partition coefficient (Wildman–Crippen LogP) is -0.909. The van der Waals surface area contributed by atoms with Gasteiger partial charge in [0, 0.05) is 89.4 Å². The Morgan fingerprint density at radius 1 is 0.588 bits per heavy atom. The number of nitrogens with zero attached hydrogens (tertiary/aromatic N) is 4. The number of nitrogens with two attached hydrogens (primary N) is 4. The van der Waals surface area contributed by atoms with Crippen molar-refractivity contribution in [3.63, 3.8) is 0 Å². The van der Waals surface area contributed by atoms with E-state index in [9.17, 15) is 58.2 Å². The minimum Gasteiger partial charge on any atom is -0.481 e. The molecule has 2 aliphatic rings. The van der Waals surface area contributed by atoms with Crippen LogP contribution in [0.5, 0.6) is 0 Å². The van der Waals surface area contributed by atoms with Crippen LogP contribution in [0.1, 0.15) is 68.9 Å². The van der Waals surface area contributed by atoms with Crippen molar-refractivity contribution < 1.29 is 63.3 Å². The minimum absolute atomic E-state index is 0.0270.